The highest BCUT2D eigenvalue weighted by molar-refractivity contribution is 7.91. The molecule has 0 aromatic heterocycles. The molecule has 2 rings (SSSR count). The third kappa shape index (κ3) is 4.54. The number of rotatable bonds is 5. The molecule has 0 spiro atoms. The molecular weight excluding hydrogens is 331 g/mol. The number of carbonyl (C=O) groups is 1. The topological polar surface area (TPSA) is 87.0 Å². The molecule has 1 saturated carbocycles. The Morgan fingerprint density at radius 2 is 2.00 bits per heavy atom. The first-order chi connectivity index (χ1) is 11.3. The van der Waals surface area contributed by atoms with Crippen LogP contribution in [0.3, 0.4) is 0 Å². The molecule has 3 atom stereocenters. The van der Waals surface area contributed by atoms with Crippen molar-refractivity contribution >= 4 is 15.7 Å². The van der Waals surface area contributed by atoms with E-state index >= 15 is 0 Å². The van der Waals surface area contributed by atoms with Gasteiger partial charge in [0, 0.05) is 5.92 Å². The van der Waals surface area contributed by atoms with Crippen LogP contribution in [-0.2, 0) is 14.6 Å². The van der Waals surface area contributed by atoms with Crippen LogP contribution in [0.5, 0.6) is 0 Å². The number of halogens is 1. The molecule has 5 nitrogen and oxygen atoms in total. The monoisotopic (exact) mass is 352 g/mol. The summed E-state index contributed by atoms with van der Waals surface area (Å²) < 4.78 is 38.1. The molecule has 24 heavy (non-hydrogen) atoms. The minimum Gasteiger partial charge on any atom is -0.343 e. The van der Waals surface area contributed by atoms with Crippen molar-refractivity contribution in [3.8, 4) is 6.07 Å². The quantitative estimate of drug-likeness (QED) is 0.651. The molecular formula is C17H21FN2O3S. The third-order valence-electron chi connectivity index (χ3n) is 4.54. The summed E-state index contributed by atoms with van der Waals surface area (Å²) in [5.74, 6) is -1.27. The Hall–Kier alpha value is -1.94. The summed E-state index contributed by atoms with van der Waals surface area (Å²) in [6.45, 7) is 1.95. The zero-order valence-electron chi connectivity index (χ0n) is 13.5. The Morgan fingerprint density at radius 1 is 1.33 bits per heavy atom. The summed E-state index contributed by atoms with van der Waals surface area (Å²) in [4.78, 5) is 12.3. The summed E-state index contributed by atoms with van der Waals surface area (Å²) in [5.41, 5.74) is 0. The van der Waals surface area contributed by atoms with Gasteiger partial charge >= 0.3 is 0 Å². The van der Waals surface area contributed by atoms with Gasteiger partial charge in [-0.3, -0.25) is 4.79 Å². The van der Waals surface area contributed by atoms with Crippen LogP contribution < -0.4 is 5.32 Å². The highest BCUT2D eigenvalue weighted by Gasteiger charge is 2.36. The lowest BCUT2D eigenvalue weighted by Crippen LogP contribution is -2.41. The number of nitrogens with one attached hydrogen (secondary N) is 1. The summed E-state index contributed by atoms with van der Waals surface area (Å²) in [7, 11) is -3.59. The number of hydrogen-bond donors (Lipinski definition) is 1. The van der Waals surface area contributed by atoms with E-state index in [1.54, 1.807) is 0 Å². The fourth-order valence-electron chi connectivity index (χ4n) is 3.24. The smallest absolute Gasteiger partial charge is 0.224 e. The normalized spacial score (nSPS) is 24.1. The lowest BCUT2D eigenvalue weighted by Gasteiger charge is -2.33. The van der Waals surface area contributed by atoms with Gasteiger partial charge in [0.05, 0.1) is 16.7 Å². The largest absolute Gasteiger partial charge is 0.343 e. The molecule has 1 aromatic carbocycles. The molecule has 3 unspecified atom stereocenters. The predicted octanol–water partition coefficient (Wildman–Crippen LogP) is 2.29. The first-order valence-electron chi connectivity index (χ1n) is 7.96. The maximum Gasteiger partial charge on any atom is 0.224 e. The van der Waals surface area contributed by atoms with E-state index in [-0.39, 0.29) is 29.0 Å². The maximum absolute atomic E-state index is 13.0. The van der Waals surface area contributed by atoms with Crippen molar-refractivity contribution in [2.75, 3.05) is 12.3 Å². The van der Waals surface area contributed by atoms with E-state index in [2.05, 4.69) is 5.32 Å². The van der Waals surface area contributed by atoms with Crippen molar-refractivity contribution in [2.24, 2.45) is 17.8 Å². The standard InChI is InChI=1S/C17H21FN2O3S/c1-12-2-3-13(16(10-12)17(21)20-9-8-19)11-24(22,23)15-6-4-14(18)5-7-15/h4-7,12-13,16H,2-3,9-11H2,1H3,(H,20,21). The fraction of sp³-hybridized carbons (Fsp3) is 0.529. The third-order valence-corrected chi connectivity index (χ3v) is 6.40. The number of nitrogens with zero attached hydrogens (tertiary/aromatic N) is 1. The summed E-state index contributed by atoms with van der Waals surface area (Å²) >= 11 is 0. The number of amides is 1. The second kappa shape index (κ2) is 7.75. The van der Waals surface area contributed by atoms with Crippen LogP contribution in [0.25, 0.3) is 0 Å². The lowest BCUT2D eigenvalue weighted by atomic mass is 9.75. The molecule has 7 heteroatoms. The van der Waals surface area contributed by atoms with E-state index in [1.165, 1.54) is 12.1 Å². The van der Waals surface area contributed by atoms with Crippen molar-refractivity contribution in [3.63, 3.8) is 0 Å². The van der Waals surface area contributed by atoms with Gasteiger partial charge in [0.1, 0.15) is 12.4 Å². The number of carbonyl (C=O) groups excluding carboxylic acids is 1. The van der Waals surface area contributed by atoms with Crippen LogP contribution in [0.15, 0.2) is 29.2 Å². The molecule has 0 heterocycles. The Morgan fingerprint density at radius 3 is 2.62 bits per heavy atom. The average Bonchev–Trinajstić information content (AvgIpc) is 2.54. The first kappa shape index (κ1) is 18.4. The molecule has 0 saturated heterocycles. The Balaban J connectivity index is 2.16. The number of benzene rings is 1. The van der Waals surface area contributed by atoms with Crippen molar-refractivity contribution in [1.29, 1.82) is 5.26 Å². The van der Waals surface area contributed by atoms with Gasteiger partial charge in [-0.1, -0.05) is 13.3 Å². The second-order valence-corrected chi connectivity index (χ2v) is 8.43. The van der Waals surface area contributed by atoms with E-state index in [1.807, 2.05) is 13.0 Å². The molecule has 1 aromatic rings. The first-order valence-corrected chi connectivity index (χ1v) is 9.61. The van der Waals surface area contributed by atoms with Crippen LogP contribution in [-0.4, -0.2) is 26.6 Å². The molecule has 1 N–H and O–H groups in total. The van der Waals surface area contributed by atoms with E-state index in [0.29, 0.717) is 18.8 Å². The number of hydrogen-bond acceptors (Lipinski definition) is 4. The number of nitriles is 1. The van der Waals surface area contributed by atoms with E-state index in [4.69, 9.17) is 5.26 Å². The summed E-state index contributed by atoms with van der Waals surface area (Å²) in [5, 5.41) is 11.1. The summed E-state index contributed by atoms with van der Waals surface area (Å²) in [6.07, 6.45) is 2.12. The predicted molar refractivity (Wildman–Crippen MR) is 87.1 cm³/mol. The molecule has 0 bridgehead atoms. The van der Waals surface area contributed by atoms with E-state index in [0.717, 1.165) is 18.6 Å². The minimum absolute atomic E-state index is 0.0682. The van der Waals surface area contributed by atoms with E-state index in [9.17, 15) is 17.6 Å². The van der Waals surface area contributed by atoms with Gasteiger partial charge in [-0.25, -0.2) is 12.8 Å². The highest BCUT2D eigenvalue weighted by atomic mass is 32.2. The van der Waals surface area contributed by atoms with Crippen LogP contribution in [0, 0.1) is 34.9 Å². The molecule has 1 amide bonds. The van der Waals surface area contributed by atoms with Crippen LogP contribution in [0.1, 0.15) is 26.2 Å². The lowest BCUT2D eigenvalue weighted by molar-refractivity contribution is -0.127. The van der Waals surface area contributed by atoms with E-state index < -0.39 is 21.6 Å². The molecule has 0 radical (unpaired) electrons. The van der Waals surface area contributed by atoms with Crippen molar-refractivity contribution in [2.45, 2.75) is 31.1 Å². The zero-order valence-corrected chi connectivity index (χ0v) is 14.4. The van der Waals surface area contributed by atoms with Gasteiger partial charge in [0.25, 0.3) is 0 Å². The van der Waals surface area contributed by atoms with Crippen LogP contribution in [0.2, 0.25) is 0 Å². The zero-order chi connectivity index (χ0) is 17.7. The molecule has 130 valence electrons. The summed E-state index contributed by atoms with van der Waals surface area (Å²) in [6, 6.07) is 6.60. The second-order valence-electron chi connectivity index (χ2n) is 6.40. The number of sulfone groups is 1. The van der Waals surface area contributed by atoms with Gasteiger partial charge in [-0.05, 0) is 48.9 Å². The van der Waals surface area contributed by atoms with Gasteiger partial charge in [0.15, 0.2) is 9.84 Å². The van der Waals surface area contributed by atoms with Gasteiger partial charge in [-0.2, -0.15) is 5.26 Å². The van der Waals surface area contributed by atoms with Crippen molar-refractivity contribution in [3.05, 3.63) is 30.1 Å². The SMILES string of the molecule is CC1CCC(CS(=O)(=O)c2ccc(F)cc2)C(C(=O)NCC#N)C1. The van der Waals surface area contributed by atoms with Gasteiger partial charge < -0.3 is 5.32 Å². The van der Waals surface area contributed by atoms with Gasteiger partial charge in [0.2, 0.25) is 5.91 Å². The van der Waals surface area contributed by atoms with Crippen molar-refractivity contribution in [1.82, 2.24) is 5.32 Å². The Bertz CT molecular complexity index is 725. The highest BCUT2D eigenvalue weighted by Crippen LogP contribution is 2.35. The average molecular weight is 352 g/mol. The molecule has 1 aliphatic rings. The fourth-order valence-corrected chi connectivity index (χ4v) is 4.95. The van der Waals surface area contributed by atoms with Crippen LogP contribution >= 0.6 is 0 Å². The Kier molecular flexibility index (Phi) is 5.94. The molecule has 0 aliphatic heterocycles. The maximum atomic E-state index is 13.0. The molecule has 1 aliphatic carbocycles. The van der Waals surface area contributed by atoms with Crippen LogP contribution in [0.4, 0.5) is 4.39 Å². The minimum atomic E-state index is -3.59. The Labute approximate surface area is 141 Å². The van der Waals surface area contributed by atoms with Crippen molar-refractivity contribution < 1.29 is 17.6 Å². The molecule has 1 fully saturated rings. The van der Waals surface area contributed by atoms with Gasteiger partial charge in [-0.15, -0.1) is 0 Å².